The SMILES string of the molecule is CCOc1ccccc1OC1CC(N)C1(CC)CC. The van der Waals surface area contributed by atoms with Gasteiger partial charge >= 0.3 is 0 Å². The molecule has 0 radical (unpaired) electrons. The Balaban J connectivity index is 2.14. The van der Waals surface area contributed by atoms with Crippen LogP contribution in [0.4, 0.5) is 0 Å². The van der Waals surface area contributed by atoms with Crippen LogP contribution in [-0.2, 0) is 0 Å². The zero-order valence-corrected chi connectivity index (χ0v) is 12.2. The molecule has 1 fully saturated rings. The Morgan fingerprint density at radius 2 is 1.79 bits per heavy atom. The molecule has 2 N–H and O–H groups in total. The van der Waals surface area contributed by atoms with Gasteiger partial charge in [-0.25, -0.2) is 0 Å². The zero-order valence-electron chi connectivity index (χ0n) is 12.2. The highest BCUT2D eigenvalue weighted by Crippen LogP contribution is 2.48. The summed E-state index contributed by atoms with van der Waals surface area (Å²) in [6.45, 7) is 7.04. The van der Waals surface area contributed by atoms with Crippen molar-refractivity contribution in [3.63, 3.8) is 0 Å². The summed E-state index contributed by atoms with van der Waals surface area (Å²) in [7, 11) is 0. The fourth-order valence-corrected chi connectivity index (χ4v) is 3.15. The molecule has 2 atom stereocenters. The molecule has 0 saturated heterocycles. The third-order valence-corrected chi connectivity index (χ3v) is 4.58. The van der Waals surface area contributed by atoms with Crippen molar-refractivity contribution in [3.05, 3.63) is 24.3 Å². The molecule has 1 aliphatic rings. The van der Waals surface area contributed by atoms with E-state index in [2.05, 4.69) is 13.8 Å². The van der Waals surface area contributed by atoms with E-state index in [0.717, 1.165) is 30.8 Å². The summed E-state index contributed by atoms with van der Waals surface area (Å²) in [5, 5.41) is 0. The molecule has 19 heavy (non-hydrogen) atoms. The number of hydrogen-bond donors (Lipinski definition) is 1. The topological polar surface area (TPSA) is 44.5 Å². The standard InChI is InChI=1S/C16H25NO2/c1-4-16(5-2)14(17)11-15(16)19-13-10-8-7-9-12(13)18-6-3/h7-10,14-15H,4-6,11,17H2,1-3H3. The fourth-order valence-electron chi connectivity index (χ4n) is 3.15. The Bertz CT molecular complexity index is 415. The molecule has 106 valence electrons. The third-order valence-electron chi connectivity index (χ3n) is 4.58. The third kappa shape index (κ3) is 2.44. The van der Waals surface area contributed by atoms with Crippen LogP contribution in [0.25, 0.3) is 0 Å². The van der Waals surface area contributed by atoms with Crippen LogP contribution in [0.3, 0.4) is 0 Å². The first kappa shape index (κ1) is 14.2. The van der Waals surface area contributed by atoms with Crippen LogP contribution in [0, 0.1) is 5.41 Å². The summed E-state index contributed by atoms with van der Waals surface area (Å²) in [5.41, 5.74) is 6.33. The Morgan fingerprint density at radius 3 is 2.32 bits per heavy atom. The Labute approximate surface area is 116 Å². The summed E-state index contributed by atoms with van der Waals surface area (Å²) in [6.07, 6.45) is 3.26. The van der Waals surface area contributed by atoms with E-state index in [9.17, 15) is 0 Å². The molecule has 1 saturated carbocycles. The number of nitrogens with two attached hydrogens (primary N) is 1. The molecule has 0 aliphatic heterocycles. The zero-order chi connectivity index (χ0) is 13.9. The minimum absolute atomic E-state index is 0.124. The molecule has 0 aromatic heterocycles. The lowest BCUT2D eigenvalue weighted by atomic mass is 9.59. The van der Waals surface area contributed by atoms with Gasteiger partial charge in [0.15, 0.2) is 11.5 Å². The summed E-state index contributed by atoms with van der Waals surface area (Å²) < 4.78 is 11.8. The highest BCUT2D eigenvalue weighted by Gasteiger charge is 2.52. The Morgan fingerprint density at radius 1 is 1.16 bits per heavy atom. The summed E-state index contributed by atoms with van der Waals surface area (Å²) >= 11 is 0. The first-order valence-corrected chi connectivity index (χ1v) is 7.32. The van der Waals surface area contributed by atoms with Crippen LogP contribution in [0.5, 0.6) is 11.5 Å². The van der Waals surface area contributed by atoms with Crippen LogP contribution in [-0.4, -0.2) is 18.8 Å². The molecular formula is C16H25NO2. The van der Waals surface area contributed by atoms with Gasteiger partial charge in [0, 0.05) is 17.9 Å². The monoisotopic (exact) mass is 263 g/mol. The Kier molecular flexibility index (Phi) is 4.35. The number of rotatable bonds is 6. The summed E-state index contributed by atoms with van der Waals surface area (Å²) in [4.78, 5) is 0. The van der Waals surface area contributed by atoms with Gasteiger partial charge in [0.25, 0.3) is 0 Å². The Hall–Kier alpha value is -1.22. The van der Waals surface area contributed by atoms with Gasteiger partial charge in [0.2, 0.25) is 0 Å². The number of ether oxygens (including phenoxy) is 2. The molecule has 0 bridgehead atoms. The maximum absolute atomic E-state index is 6.21. The smallest absolute Gasteiger partial charge is 0.161 e. The lowest BCUT2D eigenvalue weighted by Crippen LogP contribution is -2.62. The van der Waals surface area contributed by atoms with Gasteiger partial charge in [-0.15, -0.1) is 0 Å². The van der Waals surface area contributed by atoms with Gasteiger partial charge in [-0.1, -0.05) is 26.0 Å². The minimum atomic E-state index is 0.124. The van der Waals surface area contributed by atoms with Crippen LogP contribution in [0.15, 0.2) is 24.3 Å². The normalized spacial score (nSPS) is 24.6. The van der Waals surface area contributed by atoms with E-state index in [0.29, 0.717) is 6.61 Å². The second-order valence-electron chi connectivity index (χ2n) is 5.27. The van der Waals surface area contributed by atoms with Crippen molar-refractivity contribution in [2.45, 2.75) is 52.2 Å². The fraction of sp³-hybridized carbons (Fsp3) is 0.625. The average molecular weight is 263 g/mol. The highest BCUT2D eigenvalue weighted by molar-refractivity contribution is 5.40. The van der Waals surface area contributed by atoms with Gasteiger partial charge in [-0.3, -0.25) is 0 Å². The van der Waals surface area contributed by atoms with Crippen molar-refractivity contribution in [1.29, 1.82) is 0 Å². The molecule has 3 nitrogen and oxygen atoms in total. The van der Waals surface area contributed by atoms with E-state index in [-0.39, 0.29) is 17.6 Å². The van der Waals surface area contributed by atoms with Crippen molar-refractivity contribution in [3.8, 4) is 11.5 Å². The van der Waals surface area contributed by atoms with Crippen molar-refractivity contribution in [2.75, 3.05) is 6.61 Å². The minimum Gasteiger partial charge on any atom is -0.490 e. The van der Waals surface area contributed by atoms with Gasteiger partial charge < -0.3 is 15.2 Å². The van der Waals surface area contributed by atoms with Crippen LogP contribution < -0.4 is 15.2 Å². The average Bonchev–Trinajstić information content (AvgIpc) is 2.42. The lowest BCUT2D eigenvalue weighted by molar-refractivity contribution is -0.0732. The summed E-state index contributed by atoms with van der Waals surface area (Å²) in [6, 6.07) is 8.14. The predicted octanol–water partition coefficient (Wildman–Crippen LogP) is 3.37. The van der Waals surface area contributed by atoms with Gasteiger partial charge in [-0.05, 0) is 31.9 Å². The molecule has 0 heterocycles. The van der Waals surface area contributed by atoms with Gasteiger partial charge in [-0.2, -0.15) is 0 Å². The van der Waals surface area contributed by atoms with Crippen molar-refractivity contribution < 1.29 is 9.47 Å². The second-order valence-corrected chi connectivity index (χ2v) is 5.27. The molecule has 2 rings (SSSR count). The largest absolute Gasteiger partial charge is 0.490 e. The van der Waals surface area contributed by atoms with Crippen molar-refractivity contribution in [1.82, 2.24) is 0 Å². The highest BCUT2D eigenvalue weighted by atomic mass is 16.5. The number of para-hydroxylation sites is 2. The predicted molar refractivity (Wildman–Crippen MR) is 77.6 cm³/mol. The van der Waals surface area contributed by atoms with E-state index >= 15 is 0 Å². The van der Waals surface area contributed by atoms with Gasteiger partial charge in [0.1, 0.15) is 6.10 Å². The molecule has 1 aliphatic carbocycles. The molecule has 0 amide bonds. The maximum Gasteiger partial charge on any atom is 0.161 e. The van der Waals surface area contributed by atoms with E-state index in [1.165, 1.54) is 0 Å². The molecule has 3 heteroatoms. The lowest BCUT2D eigenvalue weighted by Gasteiger charge is -2.53. The van der Waals surface area contributed by atoms with Crippen molar-refractivity contribution in [2.24, 2.45) is 11.1 Å². The van der Waals surface area contributed by atoms with E-state index in [4.69, 9.17) is 15.2 Å². The maximum atomic E-state index is 6.21. The van der Waals surface area contributed by atoms with E-state index < -0.39 is 0 Å². The van der Waals surface area contributed by atoms with Crippen LogP contribution in [0.2, 0.25) is 0 Å². The number of hydrogen-bond acceptors (Lipinski definition) is 3. The van der Waals surface area contributed by atoms with E-state index in [1.54, 1.807) is 0 Å². The molecule has 1 aromatic carbocycles. The number of benzene rings is 1. The molecular weight excluding hydrogens is 238 g/mol. The van der Waals surface area contributed by atoms with Gasteiger partial charge in [0.05, 0.1) is 6.61 Å². The molecule has 2 unspecified atom stereocenters. The first-order chi connectivity index (χ1) is 9.17. The van der Waals surface area contributed by atoms with E-state index in [1.807, 2.05) is 31.2 Å². The summed E-state index contributed by atoms with van der Waals surface area (Å²) in [5.74, 6) is 1.67. The molecule has 1 aromatic rings. The quantitative estimate of drug-likeness (QED) is 0.855. The molecule has 0 spiro atoms. The van der Waals surface area contributed by atoms with Crippen LogP contribution >= 0.6 is 0 Å². The second kappa shape index (κ2) is 5.83. The first-order valence-electron chi connectivity index (χ1n) is 7.32. The van der Waals surface area contributed by atoms with Crippen LogP contribution in [0.1, 0.15) is 40.0 Å². The van der Waals surface area contributed by atoms with Crippen molar-refractivity contribution >= 4 is 0 Å².